The van der Waals surface area contributed by atoms with Crippen molar-refractivity contribution in [3.8, 4) is 5.75 Å². The summed E-state index contributed by atoms with van der Waals surface area (Å²) < 4.78 is 5.35. The van der Waals surface area contributed by atoms with Gasteiger partial charge in [-0.05, 0) is 37.3 Å². The second-order valence-corrected chi connectivity index (χ2v) is 6.26. The maximum absolute atomic E-state index is 12.3. The predicted molar refractivity (Wildman–Crippen MR) is 94.0 cm³/mol. The SMILES string of the molecule is COc1ccccc1CCN(CCC(=O)N1CCCCC1)C(C)=O. The van der Waals surface area contributed by atoms with Gasteiger partial charge in [-0.25, -0.2) is 0 Å². The summed E-state index contributed by atoms with van der Waals surface area (Å²) in [6.45, 7) is 4.37. The number of ether oxygens (including phenoxy) is 1. The number of piperidine rings is 1. The minimum atomic E-state index is 0.0105. The van der Waals surface area contributed by atoms with Crippen molar-refractivity contribution >= 4 is 11.8 Å². The molecule has 0 N–H and O–H groups in total. The highest BCUT2D eigenvalue weighted by Gasteiger charge is 2.18. The molecular weight excluding hydrogens is 304 g/mol. The van der Waals surface area contributed by atoms with E-state index in [2.05, 4.69) is 0 Å². The van der Waals surface area contributed by atoms with Gasteiger partial charge >= 0.3 is 0 Å². The van der Waals surface area contributed by atoms with Crippen LogP contribution in [0.1, 0.15) is 38.2 Å². The van der Waals surface area contributed by atoms with Crippen molar-refractivity contribution in [2.75, 3.05) is 33.3 Å². The first-order valence-corrected chi connectivity index (χ1v) is 8.77. The van der Waals surface area contributed by atoms with Gasteiger partial charge in [-0.2, -0.15) is 0 Å². The smallest absolute Gasteiger partial charge is 0.224 e. The van der Waals surface area contributed by atoms with Crippen LogP contribution >= 0.6 is 0 Å². The van der Waals surface area contributed by atoms with Gasteiger partial charge in [0.25, 0.3) is 0 Å². The molecule has 0 saturated carbocycles. The van der Waals surface area contributed by atoms with E-state index in [9.17, 15) is 9.59 Å². The average molecular weight is 332 g/mol. The molecule has 2 amide bonds. The summed E-state index contributed by atoms with van der Waals surface area (Å²) in [5.74, 6) is 1.01. The molecule has 1 aliphatic heterocycles. The monoisotopic (exact) mass is 332 g/mol. The highest BCUT2D eigenvalue weighted by Crippen LogP contribution is 2.18. The molecule has 1 fully saturated rings. The van der Waals surface area contributed by atoms with Gasteiger partial charge < -0.3 is 14.5 Å². The molecule has 132 valence electrons. The lowest BCUT2D eigenvalue weighted by Gasteiger charge is -2.28. The van der Waals surface area contributed by atoms with Crippen molar-refractivity contribution in [1.82, 2.24) is 9.80 Å². The number of carbonyl (C=O) groups is 2. The Morgan fingerprint density at radius 1 is 1.12 bits per heavy atom. The number of amides is 2. The number of carbonyl (C=O) groups excluding carboxylic acids is 2. The summed E-state index contributed by atoms with van der Waals surface area (Å²) >= 11 is 0. The van der Waals surface area contributed by atoms with E-state index in [1.165, 1.54) is 6.42 Å². The van der Waals surface area contributed by atoms with Gasteiger partial charge in [0.1, 0.15) is 5.75 Å². The topological polar surface area (TPSA) is 49.9 Å². The van der Waals surface area contributed by atoms with Crippen LogP contribution < -0.4 is 4.74 Å². The Bertz CT molecular complexity index is 553. The maximum Gasteiger partial charge on any atom is 0.224 e. The number of rotatable bonds is 7. The normalized spacial score (nSPS) is 14.3. The van der Waals surface area contributed by atoms with Crippen molar-refractivity contribution in [1.29, 1.82) is 0 Å². The van der Waals surface area contributed by atoms with Crippen LogP contribution in [0.4, 0.5) is 0 Å². The second-order valence-electron chi connectivity index (χ2n) is 6.26. The third kappa shape index (κ3) is 5.25. The standard InChI is InChI=1S/C19H28N2O3/c1-16(22)20(14-10-17-8-4-5-9-18(17)24-2)15-11-19(23)21-12-6-3-7-13-21/h4-5,8-9H,3,6-7,10-15H2,1-2H3. The van der Waals surface area contributed by atoms with Crippen LogP contribution in [0.25, 0.3) is 0 Å². The van der Waals surface area contributed by atoms with Crippen LogP contribution in [-0.2, 0) is 16.0 Å². The lowest BCUT2D eigenvalue weighted by atomic mass is 10.1. The summed E-state index contributed by atoms with van der Waals surface area (Å²) in [5, 5.41) is 0. The molecule has 24 heavy (non-hydrogen) atoms. The van der Waals surface area contributed by atoms with Crippen molar-refractivity contribution < 1.29 is 14.3 Å². The average Bonchev–Trinajstić information content (AvgIpc) is 2.62. The zero-order chi connectivity index (χ0) is 17.4. The van der Waals surface area contributed by atoms with Crippen LogP contribution in [-0.4, -0.2) is 54.9 Å². The number of nitrogens with zero attached hydrogens (tertiary/aromatic N) is 2. The molecule has 0 atom stereocenters. The first kappa shape index (κ1) is 18.3. The lowest BCUT2D eigenvalue weighted by Crippen LogP contribution is -2.39. The Morgan fingerprint density at radius 2 is 1.83 bits per heavy atom. The molecule has 1 saturated heterocycles. The van der Waals surface area contributed by atoms with E-state index in [4.69, 9.17) is 4.74 Å². The van der Waals surface area contributed by atoms with Gasteiger partial charge in [0.15, 0.2) is 0 Å². The number of methoxy groups -OCH3 is 1. The molecule has 1 aromatic rings. The fourth-order valence-corrected chi connectivity index (χ4v) is 3.12. The van der Waals surface area contributed by atoms with Crippen LogP contribution in [0, 0.1) is 0 Å². The molecule has 1 aliphatic rings. The summed E-state index contributed by atoms with van der Waals surface area (Å²) in [6.07, 6.45) is 4.53. The highest BCUT2D eigenvalue weighted by atomic mass is 16.5. The van der Waals surface area contributed by atoms with Crippen LogP contribution in [0.2, 0.25) is 0 Å². The van der Waals surface area contributed by atoms with Crippen LogP contribution in [0.15, 0.2) is 24.3 Å². The largest absolute Gasteiger partial charge is 0.496 e. The van der Waals surface area contributed by atoms with Crippen molar-refractivity contribution in [3.63, 3.8) is 0 Å². The zero-order valence-corrected chi connectivity index (χ0v) is 14.8. The number of para-hydroxylation sites is 1. The molecule has 0 aliphatic carbocycles. The number of likely N-dealkylation sites (tertiary alicyclic amines) is 1. The van der Waals surface area contributed by atoms with Gasteiger partial charge in [0.05, 0.1) is 7.11 Å². The van der Waals surface area contributed by atoms with E-state index in [0.717, 1.165) is 43.7 Å². The first-order chi connectivity index (χ1) is 11.6. The Hall–Kier alpha value is -2.04. The van der Waals surface area contributed by atoms with Gasteiger partial charge in [-0.15, -0.1) is 0 Å². The molecule has 5 nitrogen and oxygen atoms in total. The van der Waals surface area contributed by atoms with Gasteiger partial charge in [-0.1, -0.05) is 18.2 Å². The molecule has 5 heteroatoms. The first-order valence-electron chi connectivity index (χ1n) is 8.77. The maximum atomic E-state index is 12.3. The third-order valence-corrected chi connectivity index (χ3v) is 4.59. The molecule has 0 aromatic heterocycles. The highest BCUT2D eigenvalue weighted by molar-refractivity contribution is 5.78. The van der Waals surface area contributed by atoms with E-state index in [0.29, 0.717) is 19.5 Å². The number of hydrogen-bond donors (Lipinski definition) is 0. The molecule has 1 aromatic carbocycles. The fraction of sp³-hybridized carbons (Fsp3) is 0.579. The van der Waals surface area contributed by atoms with Crippen LogP contribution in [0.5, 0.6) is 5.75 Å². The predicted octanol–water partition coefficient (Wildman–Crippen LogP) is 2.49. The Labute approximate surface area is 144 Å². The van der Waals surface area contributed by atoms with Crippen molar-refractivity contribution in [2.24, 2.45) is 0 Å². The van der Waals surface area contributed by atoms with E-state index in [1.807, 2.05) is 29.2 Å². The molecule has 0 spiro atoms. The lowest BCUT2D eigenvalue weighted by molar-refractivity contribution is -0.134. The minimum absolute atomic E-state index is 0.0105. The van der Waals surface area contributed by atoms with Crippen molar-refractivity contribution in [2.45, 2.75) is 39.0 Å². The quantitative estimate of drug-likeness (QED) is 0.771. The molecule has 1 heterocycles. The van der Waals surface area contributed by atoms with Gasteiger partial charge in [0, 0.05) is 39.5 Å². The number of benzene rings is 1. The fourth-order valence-electron chi connectivity index (χ4n) is 3.12. The molecule has 0 unspecified atom stereocenters. The zero-order valence-electron chi connectivity index (χ0n) is 14.8. The molecule has 0 bridgehead atoms. The Morgan fingerprint density at radius 3 is 2.50 bits per heavy atom. The Kier molecular flexibility index (Phi) is 7.09. The third-order valence-electron chi connectivity index (χ3n) is 4.59. The summed E-state index contributed by atoms with van der Waals surface area (Å²) in [7, 11) is 1.65. The van der Waals surface area contributed by atoms with Gasteiger partial charge in [0.2, 0.25) is 11.8 Å². The van der Waals surface area contributed by atoms with E-state index >= 15 is 0 Å². The summed E-state index contributed by atoms with van der Waals surface area (Å²) in [4.78, 5) is 27.8. The minimum Gasteiger partial charge on any atom is -0.496 e. The molecule has 0 radical (unpaired) electrons. The van der Waals surface area contributed by atoms with E-state index in [-0.39, 0.29) is 11.8 Å². The number of hydrogen-bond acceptors (Lipinski definition) is 3. The second kappa shape index (κ2) is 9.30. The van der Waals surface area contributed by atoms with Crippen molar-refractivity contribution in [3.05, 3.63) is 29.8 Å². The van der Waals surface area contributed by atoms with E-state index < -0.39 is 0 Å². The molecular formula is C19H28N2O3. The Balaban J connectivity index is 1.85. The van der Waals surface area contributed by atoms with E-state index in [1.54, 1.807) is 18.9 Å². The van der Waals surface area contributed by atoms with Crippen LogP contribution in [0.3, 0.4) is 0 Å². The summed E-state index contributed by atoms with van der Waals surface area (Å²) in [6, 6.07) is 7.83. The summed E-state index contributed by atoms with van der Waals surface area (Å²) in [5.41, 5.74) is 1.08. The van der Waals surface area contributed by atoms with Gasteiger partial charge in [-0.3, -0.25) is 9.59 Å². The molecule has 2 rings (SSSR count).